The molecule has 0 saturated heterocycles. The number of carbonyl (C=O) groups excluding carboxylic acids is 1. The van der Waals surface area contributed by atoms with Gasteiger partial charge < -0.3 is 0 Å². The van der Waals surface area contributed by atoms with Crippen LogP contribution in [0.5, 0.6) is 0 Å². The molecule has 2 aliphatic carbocycles. The summed E-state index contributed by atoms with van der Waals surface area (Å²) in [6.07, 6.45) is 5.70. The molecular weight excluding hydrogens is 342 g/mol. The Morgan fingerprint density at radius 1 is 0.893 bits per heavy atom. The van der Waals surface area contributed by atoms with Gasteiger partial charge in [-0.2, -0.15) is 0 Å². The van der Waals surface area contributed by atoms with Crippen LogP contribution in [0.3, 0.4) is 0 Å². The van der Waals surface area contributed by atoms with Crippen molar-refractivity contribution in [1.29, 1.82) is 0 Å². The Kier molecular flexibility index (Phi) is 2.46. The van der Waals surface area contributed by atoms with E-state index in [4.69, 9.17) is 0 Å². The van der Waals surface area contributed by atoms with Gasteiger partial charge in [0.25, 0.3) is 5.91 Å². The molecule has 1 saturated carbocycles. The van der Waals surface area contributed by atoms with Crippen LogP contribution in [0.15, 0.2) is 78.9 Å². The molecule has 2 heterocycles. The summed E-state index contributed by atoms with van der Waals surface area (Å²) in [6.45, 7) is 0. The van der Waals surface area contributed by atoms with Crippen LogP contribution >= 0.6 is 0 Å². The predicted octanol–water partition coefficient (Wildman–Crippen LogP) is 5.64. The first-order chi connectivity index (χ1) is 13.8. The summed E-state index contributed by atoms with van der Waals surface area (Å²) in [6, 6.07) is 25.2. The van der Waals surface area contributed by atoms with Crippen molar-refractivity contribution >= 4 is 22.9 Å². The first-order valence-electron chi connectivity index (χ1n) is 9.86. The van der Waals surface area contributed by atoms with Gasteiger partial charge in [-0.05, 0) is 47.2 Å². The van der Waals surface area contributed by atoms with Crippen LogP contribution in [0.2, 0.25) is 0 Å². The lowest BCUT2D eigenvalue weighted by atomic mass is 9.79. The Bertz CT molecular complexity index is 1360. The highest BCUT2D eigenvalue weighted by Crippen LogP contribution is 2.65. The summed E-state index contributed by atoms with van der Waals surface area (Å²) in [5, 5.41) is 1.18. The molecule has 28 heavy (non-hydrogen) atoms. The maximum atomic E-state index is 13.5. The average Bonchev–Trinajstić information content (AvgIpc) is 3.41. The van der Waals surface area contributed by atoms with Gasteiger partial charge in [-0.3, -0.25) is 9.36 Å². The monoisotopic (exact) mass is 359 g/mol. The van der Waals surface area contributed by atoms with Crippen LogP contribution in [0.25, 0.3) is 28.1 Å². The summed E-state index contributed by atoms with van der Waals surface area (Å²) in [5.74, 6) is 0.617. The topological polar surface area (TPSA) is 22.0 Å². The summed E-state index contributed by atoms with van der Waals surface area (Å²) < 4.78 is 2.01. The van der Waals surface area contributed by atoms with E-state index in [0.29, 0.717) is 5.92 Å². The van der Waals surface area contributed by atoms with E-state index >= 15 is 0 Å². The molecule has 2 atom stereocenters. The third-order valence-corrected chi connectivity index (χ3v) is 6.89. The van der Waals surface area contributed by atoms with Gasteiger partial charge in [0.15, 0.2) is 0 Å². The number of fused-ring (bicyclic) bond motifs is 4. The van der Waals surface area contributed by atoms with Crippen molar-refractivity contribution in [2.75, 3.05) is 0 Å². The van der Waals surface area contributed by atoms with Gasteiger partial charge in [0.1, 0.15) is 0 Å². The lowest BCUT2D eigenvalue weighted by Gasteiger charge is -2.30. The maximum absolute atomic E-state index is 13.5. The molecule has 1 aliphatic heterocycles. The molecular formula is C26H17NO. The molecule has 0 N–H and O–H groups in total. The minimum atomic E-state index is -0.0134. The lowest BCUT2D eigenvalue weighted by molar-refractivity contribution is 0.0952. The van der Waals surface area contributed by atoms with Gasteiger partial charge in [0.05, 0.1) is 5.52 Å². The van der Waals surface area contributed by atoms with Crippen molar-refractivity contribution < 1.29 is 4.79 Å². The number of hydrogen-bond donors (Lipinski definition) is 0. The normalized spacial score (nSPS) is 23.3. The second-order valence-electron chi connectivity index (χ2n) is 8.19. The number of rotatable bonds is 1. The molecule has 0 radical (unpaired) electrons. The number of aromatic nitrogens is 1. The molecule has 4 aromatic rings. The molecule has 0 bridgehead atoms. The first kappa shape index (κ1) is 14.6. The number of benzene rings is 3. The van der Waals surface area contributed by atoms with Crippen LogP contribution < -0.4 is 0 Å². The van der Waals surface area contributed by atoms with Crippen LogP contribution in [0.4, 0.5) is 0 Å². The summed E-state index contributed by atoms with van der Waals surface area (Å²) in [7, 11) is 0. The minimum Gasteiger partial charge on any atom is -0.279 e. The average molecular weight is 359 g/mol. The van der Waals surface area contributed by atoms with Crippen molar-refractivity contribution in [3.8, 4) is 11.1 Å². The second-order valence-corrected chi connectivity index (χ2v) is 8.19. The van der Waals surface area contributed by atoms with E-state index in [0.717, 1.165) is 17.5 Å². The molecule has 2 nitrogen and oxygen atoms in total. The smallest absolute Gasteiger partial charge is 0.262 e. The van der Waals surface area contributed by atoms with Crippen LogP contribution in [-0.2, 0) is 5.41 Å². The zero-order valence-electron chi connectivity index (χ0n) is 15.2. The van der Waals surface area contributed by atoms with Crippen LogP contribution in [0, 0.1) is 5.92 Å². The van der Waals surface area contributed by atoms with E-state index in [1.165, 1.54) is 33.3 Å². The summed E-state index contributed by atoms with van der Waals surface area (Å²) in [5.41, 5.74) is 7.93. The quantitative estimate of drug-likeness (QED) is 0.431. The fraction of sp³-hybridized carbons (Fsp3) is 0.115. The lowest BCUT2D eigenvalue weighted by Crippen LogP contribution is -2.32. The number of carbonyl (C=O) groups is 1. The maximum Gasteiger partial charge on any atom is 0.262 e. The number of allylic oxidation sites excluding steroid dienone is 1. The molecule has 7 rings (SSSR count). The molecule has 0 amide bonds. The highest BCUT2D eigenvalue weighted by molar-refractivity contribution is 6.10. The molecule has 1 fully saturated rings. The largest absolute Gasteiger partial charge is 0.279 e. The molecule has 2 heteroatoms. The van der Waals surface area contributed by atoms with E-state index in [9.17, 15) is 4.79 Å². The zero-order valence-corrected chi connectivity index (χ0v) is 15.2. The highest BCUT2D eigenvalue weighted by Gasteiger charge is 2.62. The van der Waals surface area contributed by atoms with E-state index in [2.05, 4.69) is 66.7 Å². The zero-order chi connectivity index (χ0) is 18.5. The fourth-order valence-electron chi connectivity index (χ4n) is 5.57. The third kappa shape index (κ3) is 1.55. The van der Waals surface area contributed by atoms with Gasteiger partial charge in [-0.25, -0.2) is 0 Å². The molecule has 132 valence electrons. The summed E-state index contributed by atoms with van der Waals surface area (Å²) >= 11 is 0. The Hall–Kier alpha value is -3.39. The fourth-order valence-corrected chi connectivity index (χ4v) is 5.57. The Labute approximate surface area is 162 Å². The number of nitrogens with zero attached hydrogens (tertiary/aromatic N) is 1. The van der Waals surface area contributed by atoms with Gasteiger partial charge in [0.2, 0.25) is 0 Å². The van der Waals surface area contributed by atoms with Crippen molar-refractivity contribution in [2.24, 2.45) is 5.92 Å². The predicted molar refractivity (Wildman–Crippen MR) is 111 cm³/mol. The molecule has 3 aliphatic rings. The Morgan fingerprint density at radius 2 is 1.71 bits per heavy atom. The Balaban J connectivity index is 1.59. The highest BCUT2D eigenvalue weighted by atomic mass is 16.2. The van der Waals surface area contributed by atoms with E-state index in [1.54, 1.807) is 0 Å². The van der Waals surface area contributed by atoms with Gasteiger partial charge in [-0.15, -0.1) is 0 Å². The molecule has 1 aromatic heterocycles. The molecule has 3 aromatic carbocycles. The van der Waals surface area contributed by atoms with Crippen LogP contribution in [-0.4, -0.2) is 10.5 Å². The van der Waals surface area contributed by atoms with Crippen molar-refractivity contribution in [1.82, 2.24) is 4.57 Å². The number of hydrogen-bond acceptors (Lipinski definition) is 1. The van der Waals surface area contributed by atoms with Crippen molar-refractivity contribution in [3.05, 3.63) is 101 Å². The van der Waals surface area contributed by atoms with Gasteiger partial charge in [-0.1, -0.05) is 66.7 Å². The molecule has 2 unspecified atom stereocenters. The second kappa shape index (κ2) is 4.71. The minimum absolute atomic E-state index is 0.0134. The third-order valence-electron chi connectivity index (χ3n) is 6.89. The SMILES string of the molecule is O=C1c2ccccc2C23CC2C=Cc2c3n1c1ccc(-c3ccccc3)cc21. The van der Waals surface area contributed by atoms with Crippen molar-refractivity contribution in [2.45, 2.75) is 11.8 Å². The van der Waals surface area contributed by atoms with E-state index in [-0.39, 0.29) is 11.3 Å². The molecule has 1 spiro atoms. The van der Waals surface area contributed by atoms with Crippen molar-refractivity contribution in [3.63, 3.8) is 0 Å². The van der Waals surface area contributed by atoms with Gasteiger partial charge in [0, 0.05) is 27.6 Å². The van der Waals surface area contributed by atoms with Gasteiger partial charge >= 0.3 is 0 Å². The van der Waals surface area contributed by atoms with Crippen LogP contribution in [0.1, 0.15) is 33.6 Å². The summed E-state index contributed by atoms with van der Waals surface area (Å²) in [4.78, 5) is 13.5. The van der Waals surface area contributed by atoms with E-state index in [1.807, 2.05) is 22.8 Å². The Morgan fingerprint density at radius 3 is 2.61 bits per heavy atom. The van der Waals surface area contributed by atoms with E-state index < -0.39 is 0 Å². The standard InChI is InChI=1S/C26H17NO/c28-25-20-8-4-5-9-22(20)26-15-18(26)11-12-19-21-14-17(16-6-2-1-3-7-16)10-13-23(21)27(25)24(19)26/h1-14,18H,15H2. The first-order valence-corrected chi connectivity index (χ1v) is 9.86.